The number of β-lactam (4-membered cyclic amide) rings is 1. The van der Waals surface area contributed by atoms with Gasteiger partial charge in [-0.25, -0.2) is 0 Å². The fourth-order valence-electron chi connectivity index (χ4n) is 3.18. The summed E-state index contributed by atoms with van der Waals surface area (Å²) < 4.78 is 0. The highest BCUT2D eigenvalue weighted by Gasteiger charge is 2.51. The smallest absolute Gasteiger partial charge is 0.242 e. The molecular formula is C13H24N4O3. The number of carbonyl (C=O) groups excluding carboxylic acids is 2. The third-order valence-electron chi connectivity index (χ3n) is 4.34. The van der Waals surface area contributed by atoms with E-state index < -0.39 is 17.7 Å². The third kappa shape index (κ3) is 2.65. The van der Waals surface area contributed by atoms with Crippen LogP contribution in [0.5, 0.6) is 0 Å². The normalized spacial score (nSPS) is 31.9. The maximum absolute atomic E-state index is 11.8. The minimum Gasteiger partial charge on any atom is -0.391 e. The summed E-state index contributed by atoms with van der Waals surface area (Å²) in [6.07, 6.45) is 0.983. The molecule has 7 heteroatoms. The number of nitrogens with zero attached hydrogens (tertiary/aromatic N) is 1. The summed E-state index contributed by atoms with van der Waals surface area (Å²) in [5, 5.41) is 18.5. The van der Waals surface area contributed by atoms with E-state index in [1.54, 1.807) is 14.0 Å². The molecule has 1 spiro atoms. The number of aliphatic hydroxyl groups excluding tert-OH is 1. The summed E-state index contributed by atoms with van der Waals surface area (Å²) in [5.41, 5.74) is -0.390. The predicted octanol–water partition coefficient (Wildman–Crippen LogP) is -1.97. The lowest BCUT2D eigenvalue weighted by molar-refractivity contribution is -0.134. The van der Waals surface area contributed by atoms with Gasteiger partial charge in [-0.3, -0.25) is 19.8 Å². The zero-order valence-electron chi connectivity index (χ0n) is 12.3. The molecule has 4 N–H and O–H groups in total. The molecule has 2 unspecified atom stereocenters. The summed E-state index contributed by atoms with van der Waals surface area (Å²) in [4.78, 5) is 25.3. The lowest BCUT2D eigenvalue weighted by Crippen LogP contribution is -2.71. The Labute approximate surface area is 119 Å². The predicted molar refractivity (Wildman–Crippen MR) is 74.1 cm³/mol. The highest BCUT2D eigenvalue weighted by molar-refractivity contribution is 5.93. The van der Waals surface area contributed by atoms with Crippen LogP contribution in [0.4, 0.5) is 0 Å². The van der Waals surface area contributed by atoms with E-state index in [0.717, 1.165) is 12.8 Å². The zero-order valence-corrected chi connectivity index (χ0v) is 12.3. The van der Waals surface area contributed by atoms with Crippen LogP contribution in [-0.2, 0) is 9.59 Å². The molecule has 114 valence electrons. The van der Waals surface area contributed by atoms with Crippen LogP contribution < -0.4 is 16.0 Å². The largest absolute Gasteiger partial charge is 0.391 e. The second-order valence-electron chi connectivity index (χ2n) is 5.88. The summed E-state index contributed by atoms with van der Waals surface area (Å²) in [6.45, 7) is 2.92. The van der Waals surface area contributed by atoms with Gasteiger partial charge in [0.25, 0.3) is 0 Å². The van der Waals surface area contributed by atoms with Gasteiger partial charge in [0, 0.05) is 26.2 Å². The number of carbonyl (C=O) groups is 2. The summed E-state index contributed by atoms with van der Waals surface area (Å²) in [5.74, 6) is -0.127. The molecule has 2 heterocycles. The standard InChI is InChI=1S/C13H24N4O3/c1-8(18)10(11(19)14-2)17(3)6-9-4-5-13(16-9)7-15-12(13)20/h8-10,16,18H,4-7H2,1-3H3,(H,14,19)(H,15,20)/t8-,9?,10+,13?/m1/s1. The Hall–Kier alpha value is -1.18. The van der Waals surface area contributed by atoms with Crippen molar-refractivity contribution < 1.29 is 14.7 Å². The van der Waals surface area contributed by atoms with Gasteiger partial charge in [0.1, 0.15) is 11.6 Å². The quantitative estimate of drug-likeness (QED) is 0.440. The van der Waals surface area contributed by atoms with E-state index >= 15 is 0 Å². The third-order valence-corrected chi connectivity index (χ3v) is 4.34. The number of amides is 2. The van der Waals surface area contributed by atoms with Crippen LogP contribution in [0.15, 0.2) is 0 Å². The maximum Gasteiger partial charge on any atom is 0.242 e. The van der Waals surface area contributed by atoms with Crippen molar-refractivity contribution in [3.05, 3.63) is 0 Å². The highest BCUT2D eigenvalue weighted by Crippen LogP contribution is 2.28. The minimum absolute atomic E-state index is 0.0704. The number of nitrogens with one attached hydrogen (secondary N) is 3. The van der Waals surface area contributed by atoms with E-state index in [1.807, 2.05) is 11.9 Å². The first-order valence-corrected chi connectivity index (χ1v) is 7.05. The van der Waals surface area contributed by atoms with Gasteiger partial charge in [-0.15, -0.1) is 0 Å². The Morgan fingerprint density at radius 1 is 1.65 bits per heavy atom. The van der Waals surface area contributed by atoms with E-state index in [4.69, 9.17) is 0 Å². The van der Waals surface area contributed by atoms with Crippen LogP contribution in [0, 0.1) is 0 Å². The molecule has 2 saturated heterocycles. The van der Waals surface area contributed by atoms with E-state index in [1.165, 1.54) is 0 Å². The second kappa shape index (κ2) is 5.67. The van der Waals surface area contributed by atoms with Crippen LogP contribution >= 0.6 is 0 Å². The zero-order chi connectivity index (χ0) is 14.9. The van der Waals surface area contributed by atoms with E-state index in [9.17, 15) is 14.7 Å². The molecule has 2 aliphatic heterocycles. The Balaban J connectivity index is 1.92. The first kappa shape index (κ1) is 15.2. The van der Waals surface area contributed by atoms with Gasteiger partial charge < -0.3 is 15.7 Å². The molecule has 20 heavy (non-hydrogen) atoms. The number of rotatable bonds is 5. The van der Waals surface area contributed by atoms with E-state index in [0.29, 0.717) is 13.1 Å². The first-order chi connectivity index (χ1) is 9.39. The molecule has 0 aromatic carbocycles. The van der Waals surface area contributed by atoms with Crippen molar-refractivity contribution in [3.63, 3.8) is 0 Å². The van der Waals surface area contributed by atoms with Crippen molar-refractivity contribution in [2.24, 2.45) is 0 Å². The van der Waals surface area contributed by atoms with E-state index in [2.05, 4.69) is 16.0 Å². The first-order valence-electron chi connectivity index (χ1n) is 7.05. The summed E-state index contributed by atoms with van der Waals surface area (Å²) in [6, 6.07) is -0.412. The molecule has 0 radical (unpaired) electrons. The van der Waals surface area contributed by atoms with Gasteiger partial charge in [0.15, 0.2) is 0 Å². The fraction of sp³-hybridized carbons (Fsp3) is 0.846. The average Bonchev–Trinajstić information content (AvgIpc) is 2.82. The molecule has 7 nitrogen and oxygen atoms in total. The van der Waals surface area contributed by atoms with E-state index in [-0.39, 0.29) is 17.9 Å². The number of likely N-dealkylation sites (N-methyl/N-ethyl adjacent to an activating group) is 2. The second-order valence-corrected chi connectivity index (χ2v) is 5.88. The van der Waals surface area contributed by atoms with Crippen molar-refractivity contribution in [1.82, 2.24) is 20.9 Å². The van der Waals surface area contributed by atoms with Gasteiger partial charge in [0.05, 0.1) is 6.10 Å². The molecule has 2 fully saturated rings. The van der Waals surface area contributed by atoms with Crippen molar-refractivity contribution >= 4 is 11.8 Å². The van der Waals surface area contributed by atoms with Crippen molar-refractivity contribution in [2.45, 2.75) is 43.5 Å². The minimum atomic E-state index is -0.748. The van der Waals surface area contributed by atoms with Gasteiger partial charge in [0.2, 0.25) is 11.8 Å². The van der Waals surface area contributed by atoms with Crippen LogP contribution in [0.25, 0.3) is 0 Å². The Morgan fingerprint density at radius 3 is 2.75 bits per heavy atom. The average molecular weight is 284 g/mol. The van der Waals surface area contributed by atoms with Crippen LogP contribution in [0.2, 0.25) is 0 Å². The van der Waals surface area contributed by atoms with Crippen LogP contribution in [0.1, 0.15) is 19.8 Å². The maximum atomic E-state index is 11.8. The SMILES string of the molecule is CNC(=O)[C@H]([C@@H](C)O)N(C)CC1CCC2(CNC2=O)N1. The lowest BCUT2D eigenvalue weighted by atomic mass is 9.90. The number of hydrogen-bond acceptors (Lipinski definition) is 5. The molecule has 0 bridgehead atoms. The lowest BCUT2D eigenvalue weighted by Gasteiger charge is -2.38. The van der Waals surface area contributed by atoms with Crippen LogP contribution in [-0.4, -0.2) is 72.7 Å². The fourth-order valence-corrected chi connectivity index (χ4v) is 3.18. The van der Waals surface area contributed by atoms with Crippen LogP contribution in [0.3, 0.4) is 0 Å². The van der Waals surface area contributed by atoms with Crippen molar-refractivity contribution in [3.8, 4) is 0 Å². The Morgan fingerprint density at radius 2 is 2.35 bits per heavy atom. The van der Waals surface area contributed by atoms with Gasteiger partial charge >= 0.3 is 0 Å². The molecule has 4 atom stereocenters. The van der Waals surface area contributed by atoms with Gasteiger partial charge in [-0.1, -0.05) is 0 Å². The highest BCUT2D eigenvalue weighted by atomic mass is 16.3. The topological polar surface area (TPSA) is 93.7 Å². The number of aliphatic hydroxyl groups is 1. The molecule has 2 aliphatic rings. The Bertz CT molecular complexity index is 401. The molecular weight excluding hydrogens is 260 g/mol. The van der Waals surface area contributed by atoms with Crippen molar-refractivity contribution in [2.75, 3.05) is 27.2 Å². The van der Waals surface area contributed by atoms with Crippen molar-refractivity contribution in [1.29, 1.82) is 0 Å². The monoisotopic (exact) mass is 284 g/mol. The molecule has 0 aromatic rings. The van der Waals surface area contributed by atoms with Gasteiger partial charge in [-0.05, 0) is 26.8 Å². The molecule has 0 aliphatic carbocycles. The summed E-state index contributed by atoms with van der Waals surface area (Å²) >= 11 is 0. The number of hydrogen-bond donors (Lipinski definition) is 4. The molecule has 2 rings (SSSR count). The summed E-state index contributed by atoms with van der Waals surface area (Å²) in [7, 11) is 3.38. The molecule has 0 saturated carbocycles. The Kier molecular flexibility index (Phi) is 4.31. The molecule has 2 amide bonds. The molecule has 0 aromatic heterocycles. The van der Waals surface area contributed by atoms with Gasteiger partial charge in [-0.2, -0.15) is 0 Å².